The van der Waals surface area contributed by atoms with E-state index < -0.39 is 8.37 Å². The summed E-state index contributed by atoms with van der Waals surface area (Å²) in [5.74, 6) is 0. The van der Waals surface area contributed by atoms with Crippen LogP contribution in [0.4, 0.5) is 0 Å². The van der Waals surface area contributed by atoms with Gasteiger partial charge in [-0.1, -0.05) is 0 Å². The van der Waals surface area contributed by atoms with Gasteiger partial charge in [-0.2, -0.15) is 5.10 Å². The van der Waals surface area contributed by atoms with E-state index >= 15 is 0 Å². The van der Waals surface area contributed by atoms with Crippen LogP contribution in [0.25, 0.3) is 0 Å². The number of aryl methyl sites for hydroxylation is 2. The minimum Gasteiger partial charge on any atom is -0.257 e. The Labute approximate surface area is 87.4 Å². The normalized spacial score (nSPS) is 12.1. The Morgan fingerprint density at radius 3 is 1.93 bits per heavy atom. The average Bonchev–Trinajstić information content (AvgIpc) is 2.29. The van der Waals surface area contributed by atoms with Crippen molar-refractivity contribution in [2.45, 2.75) is 13.8 Å². The SMILES string of the molecule is Cc1cc(C)n(P(N(C)C)N(C)C)n1. The van der Waals surface area contributed by atoms with Crippen molar-refractivity contribution in [3.05, 3.63) is 17.5 Å². The molecule has 0 aliphatic carbocycles. The van der Waals surface area contributed by atoms with E-state index in [2.05, 4.69) is 60.1 Å². The lowest BCUT2D eigenvalue weighted by molar-refractivity contribution is 0.551. The van der Waals surface area contributed by atoms with Crippen molar-refractivity contribution in [2.75, 3.05) is 28.2 Å². The molecule has 0 atom stereocenters. The van der Waals surface area contributed by atoms with Crippen LogP contribution in [-0.2, 0) is 0 Å². The molecule has 0 saturated carbocycles. The molecule has 0 aliphatic rings. The lowest BCUT2D eigenvalue weighted by atomic mass is 10.4. The molecule has 0 aliphatic heterocycles. The third-order valence-corrected chi connectivity index (χ3v) is 4.05. The minimum atomic E-state index is -0.502. The summed E-state index contributed by atoms with van der Waals surface area (Å²) in [5, 5.41) is 4.52. The topological polar surface area (TPSA) is 24.3 Å². The van der Waals surface area contributed by atoms with Gasteiger partial charge in [-0.3, -0.25) is 9.34 Å². The highest BCUT2D eigenvalue weighted by Gasteiger charge is 2.19. The van der Waals surface area contributed by atoms with Crippen molar-refractivity contribution < 1.29 is 0 Å². The molecule has 14 heavy (non-hydrogen) atoms. The van der Waals surface area contributed by atoms with E-state index in [4.69, 9.17) is 0 Å². The zero-order valence-corrected chi connectivity index (χ0v) is 10.7. The van der Waals surface area contributed by atoms with Gasteiger partial charge in [-0.25, -0.2) is 4.45 Å². The highest BCUT2D eigenvalue weighted by Crippen LogP contribution is 2.41. The van der Waals surface area contributed by atoms with Gasteiger partial charge >= 0.3 is 0 Å². The molecule has 0 unspecified atom stereocenters. The van der Waals surface area contributed by atoms with Crippen LogP contribution in [0, 0.1) is 13.8 Å². The first-order valence-electron chi connectivity index (χ1n) is 4.61. The molecule has 0 amide bonds. The maximum atomic E-state index is 4.52. The molecule has 0 bridgehead atoms. The summed E-state index contributed by atoms with van der Waals surface area (Å²) in [5.41, 5.74) is 2.30. The molecule has 0 fully saturated rings. The van der Waals surface area contributed by atoms with E-state index in [-0.39, 0.29) is 0 Å². The predicted molar refractivity (Wildman–Crippen MR) is 61.4 cm³/mol. The van der Waals surface area contributed by atoms with Crippen LogP contribution in [-0.4, -0.2) is 47.1 Å². The second-order valence-electron chi connectivity index (χ2n) is 3.78. The zero-order valence-electron chi connectivity index (χ0n) is 9.81. The summed E-state index contributed by atoms with van der Waals surface area (Å²) in [6.07, 6.45) is 0. The quantitative estimate of drug-likeness (QED) is 0.716. The summed E-state index contributed by atoms with van der Waals surface area (Å²) in [6.45, 7) is 4.13. The van der Waals surface area contributed by atoms with Crippen molar-refractivity contribution >= 4 is 8.37 Å². The van der Waals surface area contributed by atoms with Gasteiger partial charge in [-0.15, -0.1) is 0 Å². The summed E-state index contributed by atoms with van der Waals surface area (Å²) < 4.78 is 6.51. The smallest absolute Gasteiger partial charge is 0.169 e. The van der Waals surface area contributed by atoms with Crippen LogP contribution in [0.3, 0.4) is 0 Å². The van der Waals surface area contributed by atoms with E-state index in [0.29, 0.717) is 0 Å². The summed E-state index contributed by atoms with van der Waals surface area (Å²) in [7, 11) is 7.84. The molecule has 1 aromatic heterocycles. The average molecular weight is 214 g/mol. The summed E-state index contributed by atoms with van der Waals surface area (Å²) in [6, 6.07) is 2.11. The zero-order chi connectivity index (χ0) is 10.9. The molecule has 1 aromatic rings. The van der Waals surface area contributed by atoms with Crippen LogP contribution in [0.2, 0.25) is 0 Å². The van der Waals surface area contributed by atoms with Crippen LogP contribution in [0.15, 0.2) is 6.07 Å². The maximum Gasteiger partial charge on any atom is 0.169 e. The fourth-order valence-corrected chi connectivity index (χ4v) is 3.45. The fourth-order valence-electron chi connectivity index (χ4n) is 1.49. The molecule has 0 radical (unpaired) electrons. The van der Waals surface area contributed by atoms with Gasteiger partial charge in [0.2, 0.25) is 0 Å². The molecule has 5 heteroatoms. The predicted octanol–water partition coefficient (Wildman–Crippen LogP) is 1.70. The van der Waals surface area contributed by atoms with Crippen LogP contribution < -0.4 is 0 Å². The molecule has 0 aromatic carbocycles. The number of aromatic nitrogens is 2. The summed E-state index contributed by atoms with van der Waals surface area (Å²) >= 11 is 0. The highest BCUT2D eigenvalue weighted by molar-refractivity contribution is 7.50. The van der Waals surface area contributed by atoms with Crippen molar-refractivity contribution in [2.24, 2.45) is 0 Å². The first-order valence-corrected chi connectivity index (χ1v) is 5.81. The maximum absolute atomic E-state index is 4.52. The Bertz CT molecular complexity index is 298. The van der Waals surface area contributed by atoms with Crippen LogP contribution >= 0.6 is 8.37 Å². The number of nitrogens with zero attached hydrogens (tertiary/aromatic N) is 4. The van der Waals surface area contributed by atoms with Crippen LogP contribution in [0.1, 0.15) is 11.4 Å². The van der Waals surface area contributed by atoms with E-state index in [9.17, 15) is 0 Å². The standard InChI is InChI=1S/C9H19N4P/c1-8-7-9(2)13(10-8)14(11(3)4)12(5)6/h7H,1-6H3. The highest BCUT2D eigenvalue weighted by atomic mass is 31.2. The number of hydrogen-bond acceptors (Lipinski definition) is 3. The van der Waals surface area contributed by atoms with Crippen LogP contribution in [0.5, 0.6) is 0 Å². The van der Waals surface area contributed by atoms with E-state index in [1.807, 2.05) is 6.92 Å². The molecular weight excluding hydrogens is 195 g/mol. The molecule has 1 rings (SSSR count). The Morgan fingerprint density at radius 2 is 1.64 bits per heavy atom. The lowest BCUT2D eigenvalue weighted by Crippen LogP contribution is -2.22. The van der Waals surface area contributed by atoms with Gasteiger partial charge in [0.15, 0.2) is 8.37 Å². The van der Waals surface area contributed by atoms with E-state index in [1.54, 1.807) is 0 Å². The van der Waals surface area contributed by atoms with Gasteiger partial charge in [0.05, 0.1) is 5.69 Å². The van der Waals surface area contributed by atoms with Gasteiger partial charge in [0.25, 0.3) is 0 Å². The summed E-state index contributed by atoms with van der Waals surface area (Å²) in [4.78, 5) is 0. The largest absolute Gasteiger partial charge is 0.257 e. The third-order valence-electron chi connectivity index (χ3n) is 1.87. The molecule has 4 nitrogen and oxygen atoms in total. The number of hydrogen-bond donors (Lipinski definition) is 0. The first kappa shape index (κ1) is 11.6. The third kappa shape index (κ3) is 2.32. The molecular formula is C9H19N4P. The fraction of sp³-hybridized carbons (Fsp3) is 0.667. The second-order valence-corrected chi connectivity index (χ2v) is 6.29. The number of rotatable bonds is 3. The van der Waals surface area contributed by atoms with Gasteiger partial charge in [0, 0.05) is 5.69 Å². The Hall–Kier alpha value is -0.440. The molecule has 0 saturated heterocycles. The minimum absolute atomic E-state index is 0.502. The lowest BCUT2D eigenvalue weighted by Gasteiger charge is -2.30. The van der Waals surface area contributed by atoms with E-state index in [0.717, 1.165) is 5.69 Å². The van der Waals surface area contributed by atoms with Crippen molar-refractivity contribution in [3.63, 3.8) is 0 Å². The Kier molecular flexibility index (Phi) is 3.65. The van der Waals surface area contributed by atoms with Crippen molar-refractivity contribution in [1.82, 2.24) is 18.9 Å². The second kappa shape index (κ2) is 4.39. The van der Waals surface area contributed by atoms with Gasteiger partial charge in [-0.05, 0) is 48.1 Å². The molecule has 0 N–H and O–H groups in total. The molecule has 0 spiro atoms. The van der Waals surface area contributed by atoms with Crippen molar-refractivity contribution in [3.8, 4) is 0 Å². The van der Waals surface area contributed by atoms with Crippen molar-refractivity contribution in [1.29, 1.82) is 0 Å². The Balaban J connectivity index is 3.05. The van der Waals surface area contributed by atoms with Gasteiger partial charge in [0.1, 0.15) is 0 Å². The monoisotopic (exact) mass is 214 g/mol. The van der Waals surface area contributed by atoms with E-state index in [1.165, 1.54) is 5.69 Å². The molecule has 1 heterocycles. The Morgan fingerprint density at radius 1 is 1.14 bits per heavy atom. The first-order chi connectivity index (χ1) is 6.43. The molecule has 80 valence electrons. The van der Waals surface area contributed by atoms with Gasteiger partial charge < -0.3 is 0 Å².